The van der Waals surface area contributed by atoms with Gasteiger partial charge in [-0.2, -0.15) is 0 Å². The Morgan fingerprint density at radius 1 is 1.28 bits per heavy atom. The summed E-state index contributed by atoms with van der Waals surface area (Å²) in [5.41, 5.74) is 2.10. The molecule has 0 aliphatic carbocycles. The third-order valence-corrected chi connectivity index (χ3v) is 3.50. The van der Waals surface area contributed by atoms with Gasteiger partial charge in [0.2, 0.25) is 0 Å². The van der Waals surface area contributed by atoms with Crippen LogP contribution in [0.25, 0.3) is 0 Å². The van der Waals surface area contributed by atoms with Gasteiger partial charge in [-0.3, -0.25) is 0 Å². The first-order valence-electron chi connectivity index (χ1n) is 6.56. The molecule has 1 heterocycles. The number of hydrogen-bond acceptors (Lipinski definition) is 4. The van der Waals surface area contributed by atoms with E-state index in [2.05, 4.69) is 10.2 Å². The van der Waals surface area contributed by atoms with Crippen LogP contribution in [0.5, 0.6) is 0 Å². The summed E-state index contributed by atoms with van der Waals surface area (Å²) in [7, 11) is 1.83. The number of benzene rings is 1. The first kappa shape index (κ1) is 13.3. The number of aliphatic hydroxyl groups excluding tert-OH is 2. The Morgan fingerprint density at radius 2 is 1.89 bits per heavy atom. The minimum atomic E-state index is -0.452. The molecule has 0 spiro atoms. The molecule has 100 valence electrons. The maximum absolute atomic E-state index is 9.85. The van der Waals surface area contributed by atoms with Crippen LogP contribution in [0.1, 0.15) is 24.5 Å². The van der Waals surface area contributed by atoms with Crippen molar-refractivity contribution in [2.45, 2.75) is 25.0 Å². The van der Waals surface area contributed by atoms with Gasteiger partial charge in [0.25, 0.3) is 0 Å². The molecule has 1 fully saturated rings. The van der Waals surface area contributed by atoms with Gasteiger partial charge < -0.3 is 20.4 Å². The van der Waals surface area contributed by atoms with Crippen molar-refractivity contribution in [3.8, 4) is 0 Å². The standard InChI is InChI=1S/C14H22N2O2/c1-15-10-14(18)11-2-4-12(5-3-11)16-8-6-13(17)7-9-16/h2-5,13-15,17-18H,6-10H2,1H3. The first-order valence-corrected chi connectivity index (χ1v) is 6.56. The van der Waals surface area contributed by atoms with Gasteiger partial charge in [-0.05, 0) is 37.6 Å². The maximum Gasteiger partial charge on any atom is 0.0914 e. The number of hydrogen-bond donors (Lipinski definition) is 3. The van der Waals surface area contributed by atoms with Crippen LogP contribution in [-0.2, 0) is 0 Å². The fourth-order valence-corrected chi connectivity index (χ4v) is 2.34. The van der Waals surface area contributed by atoms with Gasteiger partial charge in [-0.25, -0.2) is 0 Å². The van der Waals surface area contributed by atoms with Gasteiger partial charge in [0.1, 0.15) is 0 Å². The number of aliphatic hydroxyl groups is 2. The van der Waals surface area contributed by atoms with E-state index in [4.69, 9.17) is 0 Å². The van der Waals surface area contributed by atoms with Gasteiger partial charge in [-0.15, -0.1) is 0 Å². The van der Waals surface area contributed by atoms with Gasteiger partial charge in [-0.1, -0.05) is 12.1 Å². The molecule has 0 radical (unpaired) electrons. The van der Waals surface area contributed by atoms with Crippen LogP contribution in [-0.4, -0.2) is 43.0 Å². The molecule has 2 rings (SSSR count). The summed E-state index contributed by atoms with van der Waals surface area (Å²) in [6.45, 7) is 2.37. The second-order valence-electron chi connectivity index (χ2n) is 4.88. The van der Waals surface area contributed by atoms with Crippen molar-refractivity contribution in [1.82, 2.24) is 5.32 Å². The Bertz CT molecular complexity index is 359. The van der Waals surface area contributed by atoms with Gasteiger partial charge >= 0.3 is 0 Å². The summed E-state index contributed by atoms with van der Waals surface area (Å²) in [4.78, 5) is 2.28. The fourth-order valence-electron chi connectivity index (χ4n) is 2.34. The second-order valence-corrected chi connectivity index (χ2v) is 4.88. The van der Waals surface area contributed by atoms with Crippen molar-refractivity contribution < 1.29 is 10.2 Å². The van der Waals surface area contributed by atoms with Crippen LogP contribution in [0.15, 0.2) is 24.3 Å². The molecule has 0 saturated carbocycles. The molecule has 4 heteroatoms. The van der Waals surface area contributed by atoms with Crippen LogP contribution >= 0.6 is 0 Å². The van der Waals surface area contributed by atoms with Gasteiger partial charge in [0.15, 0.2) is 0 Å². The second kappa shape index (κ2) is 6.18. The molecule has 4 nitrogen and oxygen atoms in total. The Labute approximate surface area is 108 Å². The number of rotatable bonds is 4. The highest BCUT2D eigenvalue weighted by Gasteiger charge is 2.17. The number of nitrogens with zero attached hydrogens (tertiary/aromatic N) is 1. The smallest absolute Gasteiger partial charge is 0.0914 e. The molecule has 1 aromatic carbocycles. The average molecular weight is 250 g/mol. The van der Waals surface area contributed by atoms with Crippen molar-refractivity contribution in [3.05, 3.63) is 29.8 Å². The van der Waals surface area contributed by atoms with Crippen LogP contribution in [0.3, 0.4) is 0 Å². The quantitative estimate of drug-likeness (QED) is 0.743. The highest BCUT2D eigenvalue weighted by molar-refractivity contribution is 5.48. The fraction of sp³-hybridized carbons (Fsp3) is 0.571. The van der Waals surface area contributed by atoms with E-state index in [1.807, 2.05) is 31.3 Å². The Balaban J connectivity index is 1.99. The summed E-state index contributed by atoms with van der Waals surface area (Å²) in [6, 6.07) is 8.04. The molecule has 1 unspecified atom stereocenters. The lowest BCUT2D eigenvalue weighted by atomic mass is 10.1. The largest absolute Gasteiger partial charge is 0.393 e. The number of likely N-dealkylation sites (N-methyl/N-ethyl adjacent to an activating group) is 1. The number of nitrogens with one attached hydrogen (secondary N) is 1. The monoisotopic (exact) mass is 250 g/mol. The SMILES string of the molecule is CNCC(O)c1ccc(N2CCC(O)CC2)cc1. The molecular formula is C14H22N2O2. The Morgan fingerprint density at radius 3 is 2.44 bits per heavy atom. The van der Waals surface area contributed by atoms with E-state index in [1.54, 1.807) is 0 Å². The predicted octanol–water partition coefficient (Wildman–Crippen LogP) is 0.900. The van der Waals surface area contributed by atoms with E-state index in [0.29, 0.717) is 6.54 Å². The zero-order chi connectivity index (χ0) is 13.0. The summed E-state index contributed by atoms with van der Waals surface area (Å²) < 4.78 is 0. The average Bonchev–Trinajstić information content (AvgIpc) is 2.40. The third-order valence-electron chi connectivity index (χ3n) is 3.50. The molecule has 1 aliphatic rings. The summed E-state index contributed by atoms with van der Waals surface area (Å²) >= 11 is 0. The van der Waals surface area contributed by atoms with Crippen molar-refractivity contribution in [3.63, 3.8) is 0 Å². The molecule has 1 aromatic rings. The molecule has 18 heavy (non-hydrogen) atoms. The van der Waals surface area contributed by atoms with Crippen LogP contribution in [0, 0.1) is 0 Å². The minimum absolute atomic E-state index is 0.141. The predicted molar refractivity (Wildman–Crippen MR) is 72.8 cm³/mol. The molecule has 1 saturated heterocycles. The molecule has 1 atom stereocenters. The van der Waals surface area contributed by atoms with Crippen LogP contribution in [0.4, 0.5) is 5.69 Å². The van der Waals surface area contributed by atoms with E-state index in [1.165, 1.54) is 5.69 Å². The van der Waals surface area contributed by atoms with Crippen molar-refractivity contribution >= 4 is 5.69 Å². The van der Waals surface area contributed by atoms with Crippen molar-refractivity contribution in [2.24, 2.45) is 0 Å². The third kappa shape index (κ3) is 3.22. The minimum Gasteiger partial charge on any atom is -0.393 e. The summed E-state index contributed by atoms with van der Waals surface area (Å²) in [5, 5.41) is 22.3. The highest BCUT2D eigenvalue weighted by atomic mass is 16.3. The van der Waals surface area contributed by atoms with Crippen LogP contribution < -0.4 is 10.2 Å². The lowest BCUT2D eigenvalue weighted by molar-refractivity contribution is 0.145. The van der Waals surface area contributed by atoms with Crippen molar-refractivity contribution in [1.29, 1.82) is 0 Å². The number of anilines is 1. The topological polar surface area (TPSA) is 55.7 Å². The molecule has 3 N–H and O–H groups in total. The van der Waals surface area contributed by atoms with E-state index in [-0.39, 0.29) is 6.10 Å². The first-order chi connectivity index (χ1) is 8.70. The Kier molecular flexibility index (Phi) is 4.58. The lowest BCUT2D eigenvalue weighted by Gasteiger charge is -2.31. The molecule has 0 amide bonds. The summed E-state index contributed by atoms with van der Waals surface area (Å²) in [6.07, 6.45) is 1.08. The zero-order valence-corrected chi connectivity index (χ0v) is 10.8. The van der Waals surface area contributed by atoms with Crippen LogP contribution in [0.2, 0.25) is 0 Å². The Hall–Kier alpha value is -1.10. The summed E-state index contributed by atoms with van der Waals surface area (Å²) in [5.74, 6) is 0. The van der Waals surface area contributed by atoms with Gasteiger partial charge in [0.05, 0.1) is 12.2 Å². The zero-order valence-electron chi connectivity index (χ0n) is 10.8. The highest BCUT2D eigenvalue weighted by Crippen LogP contribution is 2.22. The molecule has 0 bridgehead atoms. The van der Waals surface area contributed by atoms with E-state index < -0.39 is 6.10 Å². The molecular weight excluding hydrogens is 228 g/mol. The van der Waals surface area contributed by atoms with Gasteiger partial charge in [0, 0.05) is 25.3 Å². The van der Waals surface area contributed by atoms with E-state index >= 15 is 0 Å². The normalized spacial score (nSPS) is 18.9. The van der Waals surface area contributed by atoms with E-state index in [0.717, 1.165) is 31.5 Å². The number of piperidine rings is 1. The molecule has 1 aliphatic heterocycles. The van der Waals surface area contributed by atoms with Crippen molar-refractivity contribution in [2.75, 3.05) is 31.6 Å². The maximum atomic E-state index is 9.85. The van der Waals surface area contributed by atoms with E-state index in [9.17, 15) is 10.2 Å². The lowest BCUT2D eigenvalue weighted by Crippen LogP contribution is -2.35. The molecule has 0 aromatic heterocycles.